The van der Waals surface area contributed by atoms with Gasteiger partial charge >= 0.3 is 0 Å². The zero-order valence-electron chi connectivity index (χ0n) is 14.1. The average molecular weight is 305 g/mol. The molecule has 22 heavy (non-hydrogen) atoms. The van der Waals surface area contributed by atoms with Crippen LogP contribution in [0, 0.1) is 0 Å². The molecule has 1 radical (unpaired) electrons. The second-order valence-electron chi connectivity index (χ2n) is 5.54. The van der Waals surface area contributed by atoms with Gasteiger partial charge in [0.25, 0.3) is 0 Å². The molecule has 2 rings (SSSR count). The summed E-state index contributed by atoms with van der Waals surface area (Å²) < 4.78 is 6.01. The summed E-state index contributed by atoms with van der Waals surface area (Å²) in [5.41, 5.74) is 1.32. The molecule has 0 bridgehead atoms. The second-order valence-corrected chi connectivity index (χ2v) is 5.54. The van der Waals surface area contributed by atoms with Crippen molar-refractivity contribution in [1.29, 1.82) is 0 Å². The minimum absolute atomic E-state index is 0. The van der Waals surface area contributed by atoms with E-state index in [2.05, 4.69) is 25.1 Å². The van der Waals surface area contributed by atoms with Crippen LogP contribution in [0.2, 0.25) is 0 Å². The minimum Gasteiger partial charge on any atom is -0.457 e. The van der Waals surface area contributed by atoms with Crippen LogP contribution in [0.4, 0.5) is 0 Å². The summed E-state index contributed by atoms with van der Waals surface area (Å²) in [5.74, 6) is 1.91. The van der Waals surface area contributed by atoms with Crippen LogP contribution >= 0.6 is 0 Å². The zero-order chi connectivity index (χ0) is 14.8. The Bertz CT molecular complexity index is 510. The Labute approximate surface area is 157 Å². The predicted molar refractivity (Wildman–Crippen MR) is 95.8 cm³/mol. The summed E-state index contributed by atoms with van der Waals surface area (Å²) in [7, 11) is 0. The maximum Gasteiger partial charge on any atom is 0.130 e. The number of rotatable bonds is 9. The van der Waals surface area contributed by atoms with Gasteiger partial charge in [-0.05, 0) is 36.6 Å². The molecule has 0 aliphatic rings. The predicted octanol–water partition coefficient (Wildman–Crippen LogP) is 6.00. The molecule has 0 aliphatic heterocycles. The molecule has 2 aromatic rings. The van der Waals surface area contributed by atoms with Crippen molar-refractivity contribution in [2.45, 2.75) is 51.9 Å². The summed E-state index contributed by atoms with van der Waals surface area (Å²) in [6, 6.07) is 18.4. The molecule has 0 unspecified atom stereocenters. The first kappa shape index (κ1) is 19.3. The van der Waals surface area contributed by atoms with Gasteiger partial charge in [0.05, 0.1) is 0 Å². The Hall–Kier alpha value is -0.760. The Morgan fingerprint density at radius 3 is 2.14 bits per heavy atom. The zero-order valence-corrected chi connectivity index (χ0v) is 16.1. The third-order valence-corrected chi connectivity index (χ3v) is 3.74. The summed E-state index contributed by atoms with van der Waals surface area (Å²) in [6.45, 7) is 2.26. The molecule has 0 aliphatic carbocycles. The molecule has 113 valence electrons. The molecule has 0 amide bonds. The van der Waals surface area contributed by atoms with Crippen LogP contribution in [-0.2, 0) is 6.42 Å². The van der Waals surface area contributed by atoms with Crippen LogP contribution in [0.3, 0.4) is 0 Å². The van der Waals surface area contributed by atoms with Crippen LogP contribution in [0.15, 0.2) is 54.6 Å². The van der Waals surface area contributed by atoms with E-state index in [0.717, 1.165) is 17.9 Å². The van der Waals surface area contributed by atoms with Gasteiger partial charge in [-0.3, -0.25) is 0 Å². The Morgan fingerprint density at radius 1 is 0.727 bits per heavy atom. The van der Waals surface area contributed by atoms with Gasteiger partial charge in [-0.15, -0.1) is 0 Å². The average Bonchev–Trinajstić information content (AvgIpc) is 2.53. The van der Waals surface area contributed by atoms with E-state index in [1.165, 1.54) is 44.1 Å². The Kier molecular flexibility index (Phi) is 10.3. The molecule has 0 fully saturated rings. The Balaban J connectivity index is 0.00000242. The van der Waals surface area contributed by atoms with Crippen molar-refractivity contribution in [1.82, 2.24) is 0 Å². The van der Waals surface area contributed by atoms with Crippen LogP contribution in [-0.4, -0.2) is 29.6 Å². The topological polar surface area (TPSA) is 9.23 Å². The van der Waals surface area contributed by atoms with Gasteiger partial charge in [-0.25, -0.2) is 0 Å². The van der Waals surface area contributed by atoms with Crippen LogP contribution in [0.25, 0.3) is 0 Å². The van der Waals surface area contributed by atoms with E-state index in [9.17, 15) is 0 Å². The molecule has 0 heterocycles. The van der Waals surface area contributed by atoms with E-state index in [0.29, 0.717) is 0 Å². The summed E-state index contributed by atoms with van der Waals surface area (Å²) in [6.07, 6.45) is 9.09. The molecule has 2 heteroatoms. The summed E-state index contributed by atoms with van der Waals surface area (Å²) >= 11 is 0. The number of aryl methyl sites for hydroxylation is 1. The first-order valence-electron chi connectivity index (χ1n) is 8.21. The smallest absolute Gasteiger partial charge is 0.130 e. The number of ether oxygens (including phenoxy) is 1. The first-order chi connectivity index (χ1) is 10.4. The normalized spacial score (nSPS) is 10.0. The van der Waals surface area contributed by atoms with E-state index in [-0.39, 0.29) is 29.6 Å². The number of hydrogen-bond donors (Lipinski definition) is 0. The quantitative estimate of drug-likeness (QED) is 0.408. The molecule has 0 atom stereocenters. The maximum absolute atomic E-state index is 6.01. The van der Waals surface area contributed by atoms with Gasteiger partial charge in [-0.1, -0.05) is 75.4 Å². The monoisotopic (exact) mass is 305 g/mol. The molecule has 2 aromatic carbocycles. The van der Waals surface area contributed by atoms with Crippen molar-refractivity contribution in [3.63, 3.8) is 0 Å². The standard InChI is InChI=1S/C20H26O.Na/c1-2-3-4-5-6-8-13-18-14-11-12-17-20(18)21-19-15-9-7-10-16-19;/h7,9-12,14-17H,2-6,8,13H2,1H3;. The molecule has 0 aromatic heterocycles. The SMILES string of the molecule is CCCCCCCCc1ccccc1Oc1ccccc1.[Na]. The van der Waals surface area contributed by atoms with E-state index in [1.807, 2.05) is 36.4 Å². The number of unbranched alkanes of at least 4 members (excludes halogenated alkanes) is 5. The number of para-hydroxylation sites is 2. The van der Waals surface area contributed by atoms with Gasteiger partial charge in [0, 0.05) is 29.6 Å². The fourth-order valence-electron chi connectivity index (χ4n) is 2.52. The molecular formula is C20H26NaO. The molecule has 0 saturated heterocycles. The minimum atomic E-state index is 0. The molecule has 0 saturated carbocycles. The van der Waals surface area contributed by atoms with Crippen LogP contribution < -0.4 is 4.74 Å². The molecular weight excluding hydrogens is 279 g/mol. The molecule has 0 N–H and O–H groups in total. The van der Waals surface area contributed by atoms with Gasteiger partial charge < -0.3 is 4.74 Å². The summed E-state index contributed by atoms with van der Waals surface area (Å²) in [4.78, 5) is 0. The van der Waals surface area contributed by atoms with E-state index >= 15 is 0 Å². The fourth-order valence-corrected chi connectivity index (χ4v) is 2.52. The van der Waals surface area contributed by atoms with Crippen LogP contribution in [0.1, 0.15) is 51.0 Å². The van der Waals surface area contributed by atoms with Gasteiger partial charge in [0.2, 0.25) is 0 Å². The third-order valence-electron chi connectivity index (χ3n) is 3.74. The second kappa shape index (κ2) is 11.8. The van der Waals surface area contributed by atoms with Gasteiger partial charge in [0.15, 0.2) is 0 Å². The largest absolute Gasteiger partial charge is 0.457 e. The number of benzene rings is 2. The van der Waals surface area contributed by atoms with Crippen molar-refractivity contribution in [2.75, 3.05) is 0 Å². The van der Waals surface area contributed by atoms with Gasteiger partial charge in [-0.2, -0.15) is 0 Å². The molecule has 0 spiro atoms. The van der Waals surface area contributed by atoms with Crippen molar-refractivity contribution in [2.24, 2.45) is 0 Å². The van der Waals surface area contributed by atoms with Crippen LogP contribution in [0.5, 0.6) is 11.5 Å². The van der Waals surface area contributed by atoms with Crippen molar-refractivity contribution < 1.29 is 4.74 Å². The van der Waals surface area contributed by atoms with E-state index < -0.39 is 0 Å². The van der Waals surface area contributed by atoms with E-state index in [4.69, 9.17) is 4.74 Å². The molecule has 1 nitrogen and oxygen atoms in total. The van der Waals surface area contributed by atoms with Crippen molar-refractivity contribution in [3.05, 3.63) is 60.2 Å². The van der Waals surface area contributed by atoms with Crippen molar-refractivity contribution >= 4 is 29.6 Å². The Morgan fingerprint density at radius 2 is 1.36 bits per heavy atom. The fraction of sp³-hybridized carbons (Fsp3) is 0.400. The van der Waals surface area contributed by atoms with E-state index in [1.54, 1.807) is 0 Å². The number of hydrogen-bond acceptors (Lipinski definition) is 1. The summed E-state index contributed by atoms with van der Waals surface area (Å²) in [5, 5.41) is 0. The maximum atomic E-state index is 6.01. The third kappa shape index (κ3) is 7.00. The first-order valence-corrected chi connectivity index (χ1v) is 8.21. The van der Waals surface area contributed by atoms with Crippen molar-refractivity contribution in [3.8, 4) is 11.5 Å². The van der Waals surface area contributed by atoms with Gasteiger partial charge in [0.1, 0.15) is 11.5 Å².